The number of aromatic nitrogens is 2. The quantitative estimate of drug-likeness (QED) is 0.589. The Balaban J connectivity index is 1.67. The molecule has 0 unspecified atom stereocenters. The smallest absolute Gasteiger partial charge is 0.274 e. The molecule has 0 saturated carbocycles. The molecule has 0 aliphatic carbocycles. The van der Waals surface area contributed by atoms with Crippen LogP contribution in [0.3, 0.4) is 0 Å². The normalized spacial score (nSPS) is 14.4. The van der Waals surface area contributed by atoms with E-state index < -0.39 is 0 Å². The summed E-state index contributed by atoms with van der Waals surface area (Å²) in [5.74, 6) is 1.37. The lowest BCUT2D eigenvalue weighted by atomic mass is 10.2. The van der Waals surface area contributed by atoms with Gasteiger partial charge in [0.05, 0.1) is 31.4 Å². The highest BCUT2D eigenvalue weighted by molar-refractivity contribution is 5.94. The van der Waals surface area contributed by atoms with Crippen LogP contribution in [0.4, 0.5) is 11.4 Å². The summed E-state index contributed by atoms with van der Waals surface area (Å²) in [6.07, 6.45) is 1.58. The van der Waals surface area contributed by atoms with Gasteiger partial charge in [-0.1, -0.05) is 0 Å². The van der Waals surface area contributed by atoms with Gasteiger partial charge in [-0.25, -0.2) is 4.98 Å². The molecule has 2 aromatic carbocycles. The average Bonchev–Trinajstić information content (AvgIpc) is 2.83. The predicted octanol–water partition coefficient (Wildman–Crippen LogP) is 3.19. The molecule has 1 aromatic heterocycles. The first-order valence-electron chi connectivity index (χ1n) is 10.8. The van der Waals surface area contributed by atoms with Gasteiger partial charge in [-0.05, 0) is 32.2 Å². The summed E-state index contributed by atoms with van der Waals surface area (Å²) in [5, 5.41) is 0. The van der Waals surface area contributed by atoms with Crippen molar-refractivity contribution in [1.82, 2.24) is 19.8 Å². The van der Waals surface area contributed by atoms with Crippen LogP contribution in [0.15, 0.2) is 42.6 Å². The van der Waals surface area contributed by atoms with E-state index in [1.54, 1.807) is 20.4 Å². The molecular formula is C24H29N5O3. The molecule has 2 heterocycles. The number of amides is 1. The summed E-state index contributed by atoms with van der Waals surface area (Å²) in [6, 6.07) is 11.7. The number of nitrogens with zero attached hydrogens (tertiary/aromatic N) is 5. The second-order valence-corrected chi connectivity index (χ2v) is 7.84. The van der Waals surface area contributed by atoms with Crippen molar-refractivity contribution in [2.24, 2.45) is 0 Å². The molecule has 8 nitrogen and oxygen atoms in total. The van der Waals surface area contributed by atoms with Gasteiger partial charge in [-0.3, -0.25) is 9.78 Å². The minimum absolute atomic E-state index is 0.0669. The van der Waals surface area contributed by atoms with E-state index in [9.17, 15) is 4.79 Å². The van der Waals surface area contributed by atoms with Crippen LogP contribution in [0.2, 0.25) is 0 Å². The van der Waals surface area contributed by atoms with E-state index >= 15 is 0 Å². The Bertz CT molecular complexity index is 1090. The molecule has 0 bridgehead atoms. The van der Waals surface area contributed by atoms with Crippen LogP contribution in [0.25, 0.3) is 11.0 Å². The van der Waals surface area contributed by atoms with E-state index in [0.717, 1.165) is 48.0 Å². The predicted molar refractivity (Wildman–Crippen MR) is 125 cm³/mol. The molecule has 3 aromatic rings. The van der Waals surface area contributed by atoms with Gasteiger partial charge in [-0.15, -0.1) is 0 Å². The molecule has 1 fully saturated rings. The van der Waals surface area contributed by atoms with Crippen LogP contribution in [-0.4, -0.2) is 79.7 Å². The number of rotatable bonds is 6. The van der Waals surface area contributed by atoms with Crippen LogP contribution < -0.4 is 14.4 Å². The van der Waals surface area contributed by atoms with E-state index in [4.69, 9.17) is 9.47 Å². The Kier molecular flexibility index (Phi) is 6.41. The van der Waals surface area contributed by atoms with Crippen LogP contribution >= 0.6 is 0 Å². The maximum Gasteiger partial charge on any atom is 0.274 e. The summed E-state index contributed by atoms with van der Waals surface area (Å²) in [4.78, 5) is 28.3. The van der Waals surface area contributed by atoms with Crippen LogP contribution in [0.1, 0.15) is 17.4 Å². The molecule has 1 aliphatic heterocycles. The van der Waals surface area contributed by atoms with Crippen LogP contribution in [0.5, 0.6) is 11.5 Å². The van der Waals surface area contributed by atoms with Crippen LogP contribution in [-0.2, 0) is 0 Å². The molecule has 168 valence electrons. The Morgan fingerprint density at radius 2 is 1.66 bits per heavy atom. The summed E-state index contributed by atoms with van der Waals surface area (Å²) in [7, 11) is 5.34. The van der Waals surface area contributed by atoms with Gasteiger partial charge in [0.25, 0.3) is 5.91 Å². The minimum Gasteiger partial charge on any atom is -0.497 e. The average molecular weight is 436 g/mol. The number of anilines is 2. The summed E-state index contributed by atoms with van der Waals surface area (Å²) < 4.78 is 10.9. The second-order valence-electron chi connectivity index (χ2n) is 7.84. The van der Waals surface area contributed by atoms with E-state index in [2.05, 4.69) is 33.7 Å². The fourth-order valence-electron chi connectivity index (χ4n) is 3.90. The molecule has 0 N–H and O–H groups in total. The third-order valence-corrected chi connectivity index (χ3v) is 5.81. The van der Waals surface area contributed by atoms with Crippen molar-refractivity contribution in [2.75, 3.05) is 58.9 Å². The molecule has 1 aliphatic rings. The van der Waals surface area contributed by atoms with Crippen molar-refractivity contribution in [3.05, 3.63) is 48.3 Å². The van der Waals surface area contributed by atoms with E-state index in [1.807, 2.05) is 41.3 Å². The third kappa shape index (κ3) is 4.45. The number of hydrogen-bond donors (Lipinski definition) is 0. The molecule has 1 amide bonds. The Morgan fingerprint density at radius 1 is 0.969 bits per heavy atom. The van der Waals surface area contributed by atoms with Crippen molar-refractivity contribution in [2.45, 2.75) is 6.92 Å². The maximum atomic E-state index is 13.0. The van der Waals surface area contributed by atoms with E-state index in [-0.39, 0.29) is 5.91 Å². The molecule has 32 heavy (non-hydrogen) atoms. The minimum atomic E-state index is -0.0669. The monoisotopic (exact) mass is 435 g/mol. The first-order valence-corrected chi connectivity index (χ1v) is 10.8. The number of carbonyl (C=O) groups excluding carboxylic acids is 1. The molecule has 0 radical (unpaired) electrons. The fraction of sp³-hybridized carbons (Fsp3) is 0.375. The van der Waals surface area contributed by atoms with Crippen molar-refractivity contribution < 1.29 is 14.3 Å². The summed E-state index contributed by atoms with van der Waals surface area (Å²) in [5.41, 5.74) is 3.72. The first-order chi connectivity index (χ1) is 15.5. The van der Waals surface area contributed by atoms with Gasteiger partial charge in [0.15, 0.2) is 0 Å². The van der Waals surface area contributed by atoms with Gasteiger partial charge >= 0.3 is 0 Å². The number of fused-ring (bicyclic) bond motifs is 1. The highest BCUT2D eigenvalue weighted by atomic mass is 16.5. The number of hydrogen-bond acceptors (Lipinski definition) is 7. The summed E-state index contributed by atoms with van der Waals surface area (Å²) >= 11 is 0. The van der Waals surface area contributed by atoms with Gasteiger partial charge in [0.1, 0.15) is 17.2 Å². The molecular weight excluding hydrogens is 406 g/mol. The molecule has 8 heteroatoms. The van der Waals surface area contributed by atoms with E-state index in [1.165, 1.54) is 0 Å². The zero-order valence-electron chi connectivity index (χ0n) is 19.0. The van der Waals surface area contributed by atoms with Gasteiger partial charge < -0.3 is 24.2 Å². The SMILES string of the molecule is CCN(c1cc(OC)cc(OC)c1)c1ccc2ncc(C(=O)N3CCN(C)CC3)nc2c1. The number of likely N-dealkylation sites (N-methyl/N-ethyl adjacent to an activating group) is 1. The molecule has 0 spiro atoms. The molecule has 0 atom stereocenters. The highest BCUT2D eigenvalue weighted by Crippen LogP contribution is 2.33. The highest BCUT2D eigenvalue weighted by Gasteiger charge is 2.22. The topological polar surface area (TPSA) is 71.0 Å². The lowest BCUT2D eigenvalue weighted by molar-refractivity contribution is 0.0658. The lowest BCUT2D eigenvalue weighted by Crippen LogP contribution is -2.47. The first kappa shape index (κ1) is 21.8. The number of methoxy groups -OCH3 is 2. The van der Waals surface area contributed by atoms with Crippen LogP contribution in [0, 0.1) is 0 Å². The third-order valence-electron chi connectivity index (χ3n) is 5.81. The Labute approximate surface area is 188 Å². The molecule has 4 rings (SSSR count). The standard InChI is InChI=1S/C24H29N5O3/c1-5-29(18-12-19(31-3)15-20(13-18)32-4)17-6-7-21-22(14-17)26-23(16-25-21)24(30)28-10-8-27(2)9-11-28/h6-7,12-16H,5,8-11H2,1-4H3. The van der Waals surface area contributed by atoms with Gasteiger partial charge in [0, 0.05) is 62.3 Å². The zero-order chi connectivity index (χ0) is 22.7. The number of benzene rings is 2. The zero-order valence-corrected chi connectivity index (χ0v) is 19.0. The maximum absolute atomic E-state index is 13.0. The largest absolute Gasteiger partial charge is 0.497 e. The van der Waals surface area contributed by atoms with E-state index in [0.29, 0.717) is 24.3 Å². The second kappa shape index (κ2) is 9.40. The fourth-order valence-corrected chi connectivity index (χ4v) is 3.90. The number of piperazine rings is 1. The lowest BCUT2D eigenvalue weighted by Gasteiger charge is -2.32. The molecule has 1 saturated heterocycles. The Morgan fingerprint density at radius 3 is 2.28 bits per heavy atom. The Hall–Kier alpha value is -3.39. The van der Waals surface area contributed by atoms with Crippen molar-refractivity contribution in [3.63, 3.8) is 0 Å². The van der Waals surface area contributed by atoms with Gasteiger partial charge in [0.2, 0.25) is 0 Å². The van der Waals surface area contributed by atoms with Crippen molar-refractivity contribution in [3.8, 4) is 11.5 Å². The number of ether oxygens (including phenoxy) is 2. The van der Waals surface area contributed by atoms with Crippen molar-refractivity contribution in [1.29, 1.82) is 0 Å². The summed E-state index contributed by atoms with van der Waals surface area (Å²) in [6.45, 7) is 5.95. The number of carbonyl (C=O) groups is 1. The van der Waals surface area contributed by atoms with Crippen molar-refractivity contribution >= 4 is 28.3 Å². The van der Waals surface area contributed by atoms with Gasteiger partial charge in [-0.2, -0.15) is 0 Å².